The molecule has 6 heteroatoms. The summed E-state index contributed by atoms with van der Waals surface area (Å²) >= 11 is 1.58. The van der Waals surface area contributed by atoms with E-state index < -0.39 is 0 Å². The number of thioether (sulfide) groups is 1. The Hall–Kier alpha value is -3.51. The Kier molecular flexibility index (Phi) is 6.38. The Balaban J connectivity index is 1.36. The Morgan fingerprint density at radius 1 is 0.968 bits per heavy atom. The maximum absolute atomic E-state index is 12.4. The molecule has 4 aromatic rings. The van der Waals surface area contributed by atoms with Gasteiger partial charge in [-0.15, -0.1) is 0 Å². The lowest BCUT2D eigenvalue weighted by Gasteiger charge is -2.05. The van der Waals surface area contributed by atoms with Gasteiger partial charge in [0.15, 0.2) is 5.16 Å². The van der Waals surface area contributed by atoms with Gasteiger partial charge >= 0.3 is 0 Å². The second kappa shape index (κ2) is 9.53. The summed E-state index contributed by atoms with van der Waals surface area (Å²) < 4.78 is 0. The van der Waals surface area contributed by atoms with Gasteiger partial charge in [0.2, 0.25) is 0 Å². The fraction of sp³-hybridized carbons (Fsp3) is 0.120. The molecular formula is C25H22N4OS. The number of hydrogen-bond donors (Lipinski definition) is 1. The molecule has 0 saturated heterocycles. The van der Waals surface area contributed by atoms with E-state index in [1.165, 1.54) is 0 Å². The van der Waals surface area contributed by atoms with E-state index in [4.69, 9.17) is 0 Å². The van der Waals surface area contributed by atoms with Gasteiger partial charge in [0, 0.05) is 28.3 Å². The van der Waals surface area contributed by atoms with Crippen molar-refractivity contribution in [2.75, 3.05) is 0 Å². The van der Waals surface area contributed by atoms with Crippen molar-refractivity contribution in [1.29, 1.82) is 0 Å². The summed E-state index contributed by atoms with van der Waals surface area (Å²) in [6, 6.07) is 23.6. The number of carbonyl (C=O) groups excluding carboxylic acids is 1. The van der Waals surface area contributed by atoms with Crippen LogP contribution in [0.4, 0.5) is 0 Å². The van der Waals surface area contributed by atoms with E-state index in [9.17, 15) is 4.79 Å². The van der Waals surface area contributed by atoms with Crippen molar-refractivity contribution in [1.82, 2.24) is 15.4 Å². The lowest BCUT2D eigenvalue weighted by Crippen LogP contribution is -2.17. The van der Waals surface area contributed by atoms with Crippen molar-refractivity contribution in [3.8, 4) is 0 Å². The maximum Gasteiger partial charge on any atom is 0.271 e. The van der Waals surface area contributed by atoms with E-state index in [0.717, 1.165) is 44.2 Å². The monoisotopic (exact) mass is 426 g/mol. The van der Waals surface area contributed by atoms with E-state index in [1.54, 1.807) is 30.1 Å². The van der Waals surface area contributed by atoms with Crippen LogP contribution in [-0.2, 0) is 5.75 Å². The number of carbonyl (C=O) groups is 1. The zero-order chi connectivity index (χ0) is 21.6. The van der Waals surface area contributed by atoms with Crippen LogP contribution in [0.5, 0.6) is 0 Å². The first kappa shape index (κ1) is 20.8. The Labute approximate surface area is 185 Å². The summed E-state index contributed by atoms with van der Waals surface area (Å²) in [7, 11) is 0. The lowest BCUT2D eigenvalue weighted by atomic mass is 10.1. The third-order valence-electron chi connectivity index (χ3n) is 4.74. The first-order valence-corrected chi connectivity index (χ1v) is 10.9. The number of hydrogen-bond acceptors (Lipinski definition) is 5. The van der Waals surface area contributed by atoms with Gasteiger partial charge in [0.25, 0.3) is 5.91 Å². The van der Waals surface area contributed by atoms with Crippen molar-refractivity contribution >= 4 is 34.7 Å². The molecule has 1 N–H and O–H groups in total. The van der Waals surface area contributed by atoms with Crippen molar-refractivity contribution in [3.63, 3.8) is 0 Å². The summed E-state index contributed by atoms with van der Waals surface area (Å²) in [6.45, 7) is 3.93. The molecule has 0 aliphatic carbocycles. The highest BCUT2D eigenvalue weighted by molar-refractivity contribution is 7.98. The minimum atomic E-state index is -0.242. The summed E-state index contributed by atoms with van der Waals surface area (Å²) in [4.78, 5) is 21.3. The molecule has 31 heavy (non-hydrogen) atoms. The normalized spacial score (nSPS) is 11.2. The van der Waals surface area contributed by atoms with Gasteiger partial charge in [-0.3, -0.25) is 4.79 Å². The van der Waals surface area contributed by atoms with E-state index in [0.29, 0.717) is 5.56 Å². The van der Waals surface area contributed by atoms with Crippen LogP contribution in [-0.4, -0.2) is 22.1 Å². The van der Waals surface area contributed by atoms with Gasteiger partial charge in [-0.05, 0) is 48.4 Å². The second-order valence-electron chi connectivity index (χ2n) is 7.19. The van der Waals surface area contributed by atoms with Crippen LogP contribution in [0.2, 0.25) is 0 Å². The molecule has 1 amide bonds. The third kappa shape index (κ3) is 5.35. The van der Waals surface area contributed by atoms with Gasteiger partial charge in [0.05, 0.1) is 6.21 Å². The number of aromatic nitrogens is 2. The molecule has 0 unspecified atom stereocenters. The fourth-order valence-corrected chi connectivity index (χ4v) is 4.15. The number of fused-ring (bicyclic) bond motifs is 1. The zero-order valence-corrected chi connectivity index (χ0v) is 18.2. The van der Waals surface area contributed by atoms with Crippen LogP contribution < -0.4 is 5.43 Å². The molecule has 0 aliphatic heterocycles. The van der Waals surface area contributed by atoms with E-state index in [1.807, 2.05) is 62.4 Å². The largest absolute Gasteiger partial charge is 0.271 e. The number of benzene rings is 3. The molecule has 1 heterocycles. The summed E-state index contributed by atoms with van der Waals surface area (Å²) in [5.74, 6) is 0.498. The molecule has 0 spiro atoms. The highest BCUT2D eigenvalue weighted by Gasteiger charge is 2.06. The third-order valence-corrected chi connectivity index (χ3v) is 5.66. The molecule has 5 nitrogen and oxygen atoms in total. The Morgan fingerprint density at radius 2 is 1.68 bits per heavy atom. The zero-order valence-electron chi connectivity index (χ0n) is 17.4. The van der Waals surface area contributed by atoms with Crippen molar-refractivity contribution in [2.24, 2.45) is 5.10 Å². The summed E-state index contributed by atoms with van der Waals surface area (Å²) in [5.41, 5.74) is 7.15. The number of nitrogens with one attached hydrogen (secondary N) is 1. The molecule has 0 atom stereocenters. The molecule has 0 radical (unpaired) electrons. The van der Waals surface area contributed by atoms with Gasteiger partial charge in [-0.2, -0.15) is 5.10 Å². The second-order valence-corrected chi connectivity index (χ2v) is 8.13. The van der Waals surface area contributed by atoms with Crippen molar-refractivity contribution < 1.29 is 4.79 Å². The highest BCUT2D eigenvalue weighted by atomic mass is 32.2. The van der Waals surface area contributed by atoms with Gasteiger partial charge in [-0.25, -0.2) is 15.4 Å². The van der Waals surface area contributed by atoms with Crippen LogP contribution >= 0.6 is 11.8 Å². The van der Waals surface area contributed by atoms with E-state index in [2.05, 4.69) is 32.6 Å². The van der Waals surface area contributed by atoms with Crippen molar-refractivity contribution in [2.45, 2.75) is 24.8 Å². The smallest absolute Gasteiger partial charge is 0.267 e. The fourth-order valence-electron chi connectivity index (χ4n) is 3.25. The number of rotatable bonds is 6. The molecular weight excluding hydrogens is 404 g/mol. The minimum absolute atomic E-state index is 0.242. The highest BCUT2D eigenvalue weighted by Crippen LogP contribution is 2.20. The molecule has 154 valence electrons. The first-order valence-electron chi connectivity index (χ1n) is 9.94. The Morgan fingerprint density at radius 3 is 2.45 bits per heavy atom. The minimum Gasteiger partial charge on any atom is -0.267 e. The van der Waals surface area contributed by atoms with Crippen molar-refractivity contribution in [3.05, 3.63) is 101 Å². The number of hydrazone groups is 1. The predicted octanol–water partition coefficient (Wildman–Crippen LogP) is 5.30. The Bertz CT molecular complexity index is 1230. The van der Waals surface area contributed by atoms with Gasteiger partial charge in [-0.1, -0.05) is 66.4 Å². The molecule has 0 saturated carbocycles. The standard InChI is InChI=1S/C25H22N4OS/c1-17-14-18(2)28-25(27-17)31-16-19-10-12-21(13-11-19)24(30)29-26-15-22-8-5-7-20-6-3-4-9-23(20)22/h3-15H,16H2,1-2H3,(H,29,30)/b26-15+. The van der Waals surface area contributed by atoms with Crippen LogP contribution in [0, 0.1) is 13.8 Å². The topological polar surface area (TPSA) is 67.2 Å². The quantitative estimate of drug-likeness (QED) is 0.197. The van der Waals surface area contributed by atoms with E-state index >= 15 is 0 Å². The number of amides is 1. The molecule has 0 aliphatic rings. The molecule has 3 aromatic carbocycles. The SMILES string of the molecule is Cc1cc(C)nc(SCc2ccc(C(=O)N/N=C/c3cccc4ccccc34)cc2)n1. The van der Waals surface area contributed by atoms with Crippen LogP contribution in [0.25, 0.3) is 10.8 Å². The predicted molar refractivity (Wildman–Crippen MR) is 127 cm³/mol. The van der Waals surface area contributed by atoms with Crippen LogP contribution in [0.15, 0.2) is 83.1 Å². The molecule has 1 aromatic heterocycles. The average Bonchev–Trinajstić information content (AvgIpc) is 2.77. The van der Waals surface area contributed by atoms with Gasteiger partial charge in [0.1, 0.15) is 0 Å². The van der Waals surface area contributed by atoms with Crippen LogP contribution in [0.3, 0.4) is 0 Å². The summed E-state index contributed by atoms with van der Waals surface area (Å²) in [6.07, 6.45) is 1.68. The first-order chi connectivity index (χ1) is 15.1. The molecule has 0 fully saturated rings. The number of aryl methyl sites for hydroxylation is 2. The number of nitrogens with zero attached hydrogens (tertiary/aromatic N) is 3. The van der Waals surface area contributed by atoms with Gasteiger partial charge < -0.3 is 0 Å². The maximum atomic E-state index is 12.4. The average molecular weight is 427 g/mol. The van der Waals surface area contributed by atoms with E-state index in [-0.39, 0.29) is 5.91 Å². The molecule has 4 rings (SSSR count). The lowest BCUT2D eigenvalue weighted by molar-refractivity contribution is 0.0955. The molecule has 0 bridgehead atoms. The summed E-state index contributed by atoms with van der Waals surface area (Å²) in [5, 5.41) is 7.14. The van der Waals surface area contributed by atoms with Crippen LogP contribution in [0.1, 0.15) is 32.9 Å².